The monoisotopic (exact) mass is 186 g/mol. The second-order valence-corrected chi connectivity index (χ2v) is 4.79. The summed E-state index contributed by atoms with van der Waals surface area (Å²) in [6.45, 7) is 1.73. The molecular weight excluding hydrogens is 176 g/mol. The lowest BCUT2D eigenvalue weighted by atomic mass is 10.2. The third kappa shape index (κ3) is 1.98. The van der Waals surface area contributed by atoms with Crippen LogP contribution in [0, 0.1) is 6.92 Å². The average Bonchev–Trinajstić information content (AvgIpc) is 1.82. The van der Waals surface area contributed by atoms with E-state index in [1.54, 1.807) is 6.92 Å². The van der Waals surface area contributed by atoms with Crippen LogP contribution in [-0.4, -0.2) is 19.8 Å². The van der Waals surface area contributed by atoms with Crippen molar-refractivity contribution < 1.29 is 13.5 Å². The van der Waals surface area contributed by atoms with Crippen molar-refractivity contribution in [2.45, 2.75) is 11.8 Å². The van der Waals surface area contributed by atoms with Gasteiger partial charge in [-0.25, -0.2) is 8.42 Å². The number of aryl methyl sites for hydroxylation is 1. The van der Waals surface area contributed by atoms with E-state index in [-0.39, 0.29) is 10.6 Å². The number of rotatable bonds is 1. The van der Waals surface area contributed by atoms with Crippen LogP contribution in [0.4, 0.5) is 0 Å². The van der Waals surface area contributed by atoms with Gasteiger partial charge in [0.2, 0.25) is 0 Å². The van der Waals surface area contributed by atoms with Gasteiger partial charge in [0.1, 0.15) is 5.75 Å². The van der Waals surface area contributed by atoms with Gasteiger partial charge in [0, 0.05) is 6.26 Å². The van der Waals surface area contributed by atoms with Crippen molar-refractivity contribution >= 4 is 9.84 Å². The van der Waals surface area contributed by atoms with Gasteiger partial charge in [0.05, 0.1) is 4.90 Å². The Morgan fingerprint density at radius 2 is 1.83 bits per heavy atom. The van der Waals surface area contributed by atoms with Crippen LogP contribution < -0.4 is 0 Å². The van der Waals surface area contributed by atoms with Crippen LogP contribution in [0.1, 0.15) is 5.56 Å². The van der Waals surface area contributed by atoms with Crippen molar-refractivity contribution in [3.63, 3.8) is 0 Å². The van der Waals surface area contributed by atoms with Crippen molar-refractivity contribution in [3.8, 4) is 5.75 Å². The molecule has 1 aromatic carbocycles. The van der Waals surface area contributed by atoms with Gasteiger partial charge >= 0.3 is 0 Å². The van der Waals surface area contributed by atoms with E-state index in [1.807, 2.05) is 0 Å². The third-order valence-corrected chi connectivity index (χ3v) is 2.56. The minimum absolute atomic E-state index is 0.0181. The molecule has 1 rings (SSSR count). The van der Waals surface area contributed by atoms with Crippen LogP contribution in [-0.2, 0) is 9.84 Å². The zero-order valence-corrected chi connectivity index (χ0v) is 7.72. The van der Waals surface area contributed by atoms with Gasteiger partial charge in [-0.1, -0.05) is 0 Å². The number of aromatic hydroxyl groups is 1. The van der Waals surface area contributed by atoms with E-state index in [0.29, 0.717) is 0 Å². The summed E-state index contributed by atoms with van der Waals surface area (Å²) in [6.07, 6.45) is 1.11. The Hall–Kier alpha value is -1.03. The number of hydrogen-bond donors (Lipinski definition) is 1. The van der Waals surface area contributed by atoms with Crippen LogP contribution in [0.15, 0.2) is 23.1 Å². The van der Waals surface area contributed by atoms with Crippen LogP contribution in [0.2, 0.25) is 0 Å². The number of sulfone groups is 1. The van der Waals surface area contributed by atoms with E-state index in [0.717, 1.165) is 11.8 Å². The van der Waals surface area contributed by atoms with Gasteiger partial charge in [-0.15, -0.1) is 0 Å². The molecule has 0 bridgehead atoms. The highest BCUT2D eigenvalue weighted by Crippen LogP contribution is 2.18. The van der Waals surface area contributed by atoms with Gasteiger partial charge in [-0.3, -0.25) is 0 Å². The molecule has 3 nitrogen and oxygen atoms in total. The highest BCUT2D eigenvalue weighted by molar-refractivity contribution is 7.90. The minimum Gasteiger partial charge on any atom is -0.508 e. The fourth-order valence-corrected chi connectivity index (χ4v) is 1.68. The molecule has 0 saturated heterocycles. The van der Waals surface area contributed by atoms with Crippen LogP contribution in [0.5, 0.6) is 5.75 Å². The summed E-state index contributed by atoms with van der Waals surface area (Å²) >= 11 is 0. The Bertz CT molecular complexity index is 373. The number of phenolic OH excluding ortho intramolecular Hbond substituents is 1. The van der Waals surface area contributed by atoms with Crippen molar-refractivity contribution in [1.82, 2.24) is 0 Å². The van der Waals surface area contributed by atoms with Crippen molar-refractivity contribution in [2.75, 3.05) is 6.26 Å². The second kappa shape index (κ2) is 2.79. The lowest BCUT2D eigenvalue weighted by molar-refractivity contribution is 0.472. The van der Waals surface area contributed by atoms with Gasteiger partial charge in [0.15, 0.2) is 9.84 Å². The molecule has 0 unspecified atom stereocenters. The first kappa shape index (κ1) is 9.06. The van der Waals surface area contributed by atoms with Gasteiger partial charge in [-0.05, 0) is 30.7 Å². The molecule has 1 N–H and O–H groups in total. The maximum absolute atomic E-state index is 11.0. The summed E-state index contributed by atoms with van der Waals surface area (Å²) in [4.78, 5) is 0.153. The Morgan fingerprint density at radius 1 is 1.25 bits per heavy atom. The molecular formula is C8H10O3S. The molecule has 0 aliphatic carbocycles. The van der Waals surface area contributed by atoms with E-state index in [9.17, 15) is 8.42 Å². The number of benzene rings is 1. The SMILES string of the molecule is Cc1cc(O)cc(S(C)(=O)=O)c1. The van der Waals surface area contributed by atoms with E-state index in [1.165, 1.54) is 18.2 Å². The fourth-order valence-electron chi connectivity index (χ4n) is 0.942. The first-order valence-corrected chi connectivity index (χ1v) is 5.29. The van der Waals surface area contributed by atoms with E-state index in [4.69, 9.17) is 5.11 Å². The molecule has 0 aliphatic rings. The summed E-state index contributed by atoms with van der Waals surface area (Å²) in [5.74, 6) is -0.0181. The molecule has 1 aromatic rings. The molecule has 0 aromatic heterocycles. The predicted octanol–water partition coefficient (Wildman–Crippen LogP) is 1.10. The molecule has 0 radical (unpaired) electrons. The molecule has 0 spiro atoms. The van der Waals surface area contributed by atoms with Crippen LogP contribution in [0.3, 0.4) is 0 Å². The molecule has 12 heavy (non-hydrogen) atoms. The average molecular weight is 186 g/mol. The van der Waals surface area contributed by atoms with Crippen molar-refractivity contribution in [2.24, 2.45) is 0 Å². The van der Waals surface area contributed by atoms with Crippen LogP contribution in [0.25, 0.3) is 0 Å². The Labute approximate surface area is 71.6 Å². The Kier molecular flexibility index (Phi) is 2.10. The smallest absolute Gasteiger partial charge is 0.175 e. The Balaban J connectivity index is 3.37. The van der Waals surface area contributed by atoms with Gasteiger partial charge in [0.25, 0.3) is 0 Å². The lowest BCUT2D eigenvalue weighted by Crippen LogP contribution is -1.96. The zero-order chi connectivity index (χ0) is 9.35. The Morgan fingerprint density at radius 3 is 2.25 bits per heavy atom. The minimum atomic E-state index is -3.21. The van der Waals surface area contributed by atoms with E-state index < -0.39 is 9.84 Å². The molecule has 4 heteroatoms. The van der Waals surface area contributed by atoms with Crippen molar-refractivity contribution in [3.05, 3.63) is 23.8 Å². The lowest BCUT2D eigenvalue weighted by Gasteiger charge is -2.00. The maximum atomic E-state index is 11.0. The molecule has 66 valence electrons. The molecule has 0 aliphatic heterocycles. The molecule has 0 amide bonds. The van der Waals surface area contributed by atoms with Gasteiger partial charge < -0.3 is 5.11 Å². The first-order chi connectivity index (χ1) is 5.39. The summed E-state index contributed by atoms with van der Waals surface area (Å²) in [5, 5.41) is 9.09. The highest BCUT2D eigenvalue weighted by atomic mass is 32.2. The highest BCUT2D eigenvalue weighted by Gasteiger charge is 2.07. The second-order valence-electron chi connectivity index (χ2n) is 2.78. The first-order valence-electron chi connectivity index (χ1n) is 3.40. The third-order valence-electron chi connectivity index (χ3n) is 1.46. The summed E-state index contributed by atoms with van der Waals surface area (Å²) in [5.41, 5.74) is 0.732. The zero-order valence-electron chi connectivity index (χ0n) is 6.90. The fraction of sp³-hybridized carbons (Fsp3) is 0.250. The largest absolute Gasteiger partial charge is 0.508 e. The normalized spacial score (nSPS) is 11.5. The number of phenols is 1. The number of hydrogen-bond acceptors (Lipinski definition) is 3. The summed E-state index contributed by atoms with van der Waals surface area (Å²) in [7, 11) is -3.21. The predicted molar refractivity (Wildman–Crippen MR) is 46.0 cm³/mol. The maximum Gasteiger partial charge on any atom is 0.175 e. The molecule has 0 heterocycles. The molecule has 0 atom stereocenters. The van der Waals surface area contributed by atoms with Crippen LogP contribution >= 0.6 is 0 Å². The summed E-state index contributed by atoms with van der Waals surface area (Å²) < 4.78 is 22.1. The topological polar surface area (TPSA) is 54.4 Å². The van der Waals surface area contributed by atoms with E-state index in [2.05, 4.69) is 0 Å². The van der Waals surface area contributed by atoms with E-state index >= 15 is 0 Å². The summed E-state index contributed by atoms with van der Waals surface area (Å²) in [6, 6.07) is 4.27. The molecule has 0 fully saturated rings. The molecule has 0 saturated carbocycles. The quantitative estimate of drug-likeness (QED) is 0.714. The van der Waals surface area contributed by atoms with Gasteiger partial charge in [-0.2, -0.15) is 0 Å². The van der Waals surface area contributed by atoms with Crippen molar-refractivity contribution in [1.29, 1.82) is 0 Å². The standard InChI is InChI=1S/C8H10O3S/c1-6-3-7(9)5-8(4-6)12(2,10)11/h3-5,9H,1-2H3.